The summed E-state index contributed by atoms with van der Waals surface area (Å²) in [5.41, 5.74) is -1.25. The Labute approximate surface area is 205 Å². The molecule has 0 aliphatic heterocycles. The highest BCUT2D eigenvalue weighted by Gasteiger charge is 2.37. The van der Waals surface area contributed by atoms with Crippen molar-refractivity contribution in [2.45, 2.75) is 17.0 Å². The summed E-state index contributed by atoms with van der Waals surface area (Å²) in [7, 11) is -9.28. The summed E-state index contributed by atoms with van der Waals surface area (Å²) in [6.45, 7) is 0. The zero-order valence-electron chi connectivity index (χ0n) is 18.2. The molecule has 4 rings (SSSR count). The summed E-state index contributed by atoms with van der Waals surface area (Å²) in [5.74, 6) is 0.180. The minimum absolute atomic E-state index is 0.0631. The number of allylic oxidation sites excluding steroid dienone is 3. The minimum atomic E-state index is -4.75. The quantitative estimate of drug-likeness (QED) is 0.239. The molecule has 3 aromatic rings. The number of benzene rings is 1. The van der Waals surface area contributed by atoms with Gasteiger partial charge in [0.1, 0.15) is 35.9 Å². The Morgan fingerprint density at radius 2 is 1.36 bits per heavy atom. The standard InChI is InChI=1S/C20H18N8O6S2/c29-35(30,31)16-4-2-1-3-14(16)5-6-15-7-8-20(9-17(15)36(32,33)34,27-18-23-10-21-11-24-18)28-19-25-12-22-13-26-19/h1-8,10-13H,9H2,(H,29,30,31)(H,32,33,34)(H,21,23,24,27)(H,22,25,26,28). The SMILES string of the molecule is O=S(=O)(O)C1=C(C=Cc2ccccc2S(=O)(=O)O)C=CC(Nc2ncncn2)(Nc2ncncn2)C1. The Kier molecular flexibility index (Phi) is 6.84. The van der Waals surface area contributed by atoms with Crippen molar-refractivity contribution >= 4 is 38.2 Å². The largest absolute Gasteiger partial charge is 0.328 e. The van der Waals surface area contributed by atoms with Crippen LogP contribution in [0.3, 0.4) is 0 Å². The van der Waals surface area contributed by atoms with E-state index in [0.717, 1.165) is 0 Å². The topological polar surface area (TPSA) is 210 Å². The molecule has 1 aliphatic carbocycles. The molecule has 0 saturated heterocycles. The van der Waals surface area contributed by atoms with Gasteiger partial charge in [-0.3, -0.25) is 9.11 Å². The zero-order chi connectivity index (χ0) is 25.8. The molecule has 2 heterocycles. The second kappa shape index (κ2) is 9.86. The summed E-state index contributed by atoms with van der Waals surface area (Å²) in [5, 5.41) is 5.92. The van der Waals surface area contributed by atoms with Gasteiger partial charge in [0.15, 0.2) is 0 Å². The third-order valence-electron chi connectivity index (χ3n) is 4.92. The molecule has 14 nitrogen and oxygen atoms in total. The number of hydrogen-bond acceptors (Lipinski definition) is 12. The van der Waals surface area contributed by atoms with Crippen LogP contribution >= 0.6 is 0 Å². The monoisotopic (exact) mass is 530 g/mol. The van der Waals surface area contributed by atoms with E-state index in [9.17, 15) is 25.9 Å². The summed E-state index contributed by atoms with van der Waals surface area (Å²) in [6.07, 6.45) is 10.1. The van der Waals surface area contributed by atoms with Crippen LogP contribution in [0.1, 0.15) is 12.0 Å². The molecule has 0 spiro atoms. The number of rotatable bonds is 8. The van der Waals surface area contributed by atoms with Crippen molar-refractivity contribution in [3.8, 4) is 0 Å². The van der Waals surface area contributed by atoms with E-state index in [0.29, 0.717) is 0 Å². The normalized spacial score (nSPS) is 15.7. The fourth-order valence-electron chi connectivity index (χ4n) is 3.37. The van der Waals surface area contributed by atoms with Gasteiger partial charge in [0, 0.05) is 6.42 Å². The molecule has 0 fully saturated rings. The maximum atomic E-state index is 12.4. The molecule has 36 heavy (non-hydrogen) atoms. The summed E-state index contributed by atoms with van der Waals surface area (Å²) in [4.78, 5) is 22.7. The van der Waals surface area contributed by atoms with Crippen LogP contribution in [-0.4, -0.2) is 61.5 Å². The third kappa shape index (κ3) is 5.92. The molecule has 2 aromatic heterocycles. The van der Waals surface area contributed by atoms with Crippen LogP contribution in [-0.2, 0) is 20.2 Å². The van der Waals surface area contributed by atoms with E-state index in [-0.39, 0.29) is 34.3 Å². The minimum Gasteiger partial charge on any atom is -0.328 e. The molecule has 0 unspecified atom stereocenters. The van der Waals surface area contributed by atoms with Gasteiger partial charge in [0.25, 0.3) is 20.2 Å². The molecule has 1 aliphatic rings. The third-order valence-corrected chi connectivity index (χ3v) is 6.85. The first kappa shape index (κ1) is 25.0. The number of hydrogen-bond donors (Lipinski definition) is 4. The lowest BCUT2D eigenvalue weighted by Gasteiger charge is -2.35. The first-order chi connectivity index (χ1) is 17.1. The van der Waals surface area contributed by atoms with Crippen LogP contribution < -0.4 is 10.6 Å². The molecular formula is C20H18N8O6S2. The van der Waals surface area contributed by atoms with Gasteiger partial charge in [0.2, 0.25) is 11.9 Å². The number of aromatic nitrogens is 6. The van der Waals surface area contributed by atoms with Crippen LogP contribution in [0.25, 0.3) is 6.08 Å². The summed E-state index contributed by atoms with van der Waals surface area (Å²) >= 11 is 0. The average Bonchev–Trinajstić information content (AvgIpc) is 2.83. The van der Waals surface area contributed by atoms with E-state index in [1.807, 2.05) is 0 Å². The summed E-state index contributed by atoms with van der Waals surface area (Å²) < 4.78 is 67.6. The predicted octanol–water partition coefficient (Wildman–Crippen LogP) is 1.34. The molecule has 0 radical (unpaired) electrons. The van der Waals surface area contributed by atoms with Crippen LogP contribution in [0, 0.1) is 0 Å². The van der Waals surface area contributed by atoms with Crippen molar-refractivity contribution < 1.29 is 25.9 Å². The van der Waals surface area contributed by atoms with Crippen LogP contribution in [0.5, 0.6) is 0 Å². The number of anilines is 2. The fourth-order valence-corrected chi connectivity index (χ4v) is 4.90. The lowest BCUT2D eigenvalue weighted by molar-refractivity contribution is 0.481. The number of nitrogens with zero attached hydrogens (tertiary/aromatic N) is 6. The molecule has 0 bridgehead atoms. The smallest absolute Gasteiger partial charge is 0.295 e. The second-order valence-corrected chi connectivity index (χ2v) is 10.2. The highest BCUT2D eigenvalue weighted by Crippen LogP contribution is 2.34. The lowest BCUT2D eigenvalue weighted by Crippen LogP contribution is -2.47. The molecule has 0 saturated carbocycles. The summed E-state index contributed by atoms with van der Waals surface area (Å²) in [6, 6.07) is 5.60. The van der Waals surface area contributed by atoms with E-state index in [1.165, 1.54) is 61.7 Å². The van der Waals surface area contributed by atoms with Crippen molar-refractivity contribution in [3.63, 3.8) is 0 Å². The van der Waals surface area contributed by atoms with Gasteiger partial charge >= 0.3 is 0 Å². The van der Waals surface area contributed by atoms with Crippen molar-refractivity contribution in [2.75, 3.05) is 10.6 Å². The zero-order valence-corrected chi connectivity index (χ0v) is 19.8. The van der Waals surface area contributed by atoms with E-state index in [1.54, 1.807) is 12.1 Å². The van der Waals surface area contributed by atoms with Crippen molar-refractivity contribution in [2.24, 2.45) is 0 Å². The van der Waals surface area contributed by atoms with Gasteiger partial charge in [-0.2, -0.15) is 16.8 Å². The maximum Gasteiger partial charge on any atom is 0.295 e. The van der Waals surface area contributed by atoms with E-state index < -0.39 is 30.8 Å². The van der Waals surface area contributed by atoms with Crippen molar-refractivity contribution in [3.05, 3.63) is 83.8 Å². The van der Waals surface area contributed by atoms with Crippen LogP contribution in [0.2, 0.25) is 0 Å². The van der Waals surface area contributed by atoms with Gasteiger partial charge in [-0.05, 0) is 23.3 Å². The Balaban J connectivity index is 1.76. The highest BCUT2D eigenvalue weighted by molar-refractivity contribution is 7.89. The van der Waals surface area contributed by atoms with Gasteiger partial charge in [-0.25, -0.2) is 29.9 Å². The molecule has 1 aromatic carbocycles. The molecule has 4 N–H and O–H groups in total. The lowest BCUT2D eigenvalue weighted by atomic mass is 9.95. The van der Waals surface area contributed by atoms with E-state index in [4.69, 9.17) is 0 Å². The first-order valence-electron chi connectivity index (χ1n) is 10.0. The Hall–Kier alpha value is -4.12. The molecule has 0 amide bonds. The van der Waals surface area contributed by atoms with Crippen molar-refractivity contribution in [1.82, 2.24) is 29.9 Å². The van der Waals surface area contributed by atoms with Crippen LogP contribution in [0.15, 0.2) is 83.2 Å². The maximum absolute atomic E-state index is 12.4. The van der Waals surface area contributed by atoms with Gasteiger partial charge in [-0.1, -0.05) is 36.4 Å². The predicted molar refractivity (Wildman–Crippen MR) is 127 cm³/mol. The Morgan fingerprint density at radius 3 is 1.89 bits per heavy atom. The molecule has 186 valence electrons. The molecule has 0 atom stereocenters. The van der Waals surface area contributed by atoms with Gasteiger partial charge < -0.3 is 10.6 Å². The Morgan fingerprint density at radius 1 is 0.806 bits per heavy atom. The van der Waals surface area contributed by atoms with E-state index in [2.05, 4.69) is 40.5 Å². The highest BCUT2D eigenvalue weighted by atomic mass is 32.2. The molecular weight excluding hydrogens is 512 g/mol. The van der Waals surface area contributed by atoms with E-state index >= 15 is 0 Å². The average molecular weight is 531 g/mol. The second-order valence-electron chi connectivity index (χ2n) is 7.35. The number of nitrogens with one attached hydrogen (secondary N) is 2. The first-order valence-corrected chi connectivity index (χ1v) is 12.9. The van der Waals surface area contributed by atoms with Gasteiger partial charge in [0.05, 0.1) is 4.91 Å². The van der Waals surface area contributed by atoms with Crippen molar-refractivity contribution in [1.29, 1.82) is 0 Å². The van der Waals surface area contributed by atoms with Crippen LogP contribution in [0.4, 0.5) is 11.9 Å². The Bertz CT molecular complexity index is 1520. The molecule has 16 heteroatoms. The fraction of sp³-hybridized carbons (Fsp3) is 0.100. The van der Waals surface area contributed by atoms with Gasteiger partial charge in [-0.15, -0.1) is 0 Å².